The van der Waals surface area contributed by atoms with Crippen LogP contribution in [0.3, 0.4) is 0 Å². The highest BCUT2D eigenvalue weighted by Crippen LogP contribution is 2.65. The number of hydrogen-bond acceptors (Lipinski definition) is 2. The maximum atomic E-state index is 12.5. The van der Waals surface area contributed by atoms with Crippen LogP contribution in [-0.4, -0.2) is 20.2 Å². The van der Waals surface area contributed by atoms with Crippen molar-refractivity contribution in [1.29, 1.82) is 0 Å². The average molecular weight is 363 g/mol. The van der Waals surface area contributed by atoms with Crippen LogP contribution in [0.25, 0.3) is 0 Å². The molecule has 0 amide bonds. The summed E-state index contributed by atoms with van der Waals surface area (Å²) >= 11 is 0. The van der Waals surface area contributed by atoms with E-state index in [0.717, 1.165) is 30.6 Å². The van der Waals surface area contributed by atoms with E-state index in [1.807, 2.05) is 0 Å². The largest absolute Gasteiger partial charge is 0.415 e. The molecule has 4 aliphatic carbocycles. The molecule has 7 atom stereocenters. The van der Waals surface area contributed by atoms with Gasteiger partial charge in [-0.3, -0.25) is 4.79 Å². The predicted octanol–water partition coefficient (Wildman–Crippen LogP) is 5.82. The molecule has 0 aromatic heterocycles. The number of carbonyl (C=O) groups excluding carboxylic acids is 1. The normalized spacial score (nSPS) is 50.1. The van der Waals surface area contributed by atoms with Crippen molar-refractivity contribution in [2.24, 2.45) is 34.5 Å². The summed E-state index contributed by atoms with van der Waals surface area (Å²) in [5, 5.41) is 0. The quantitative estimate of drug-likeness (QED) is 0.579. The molecule has 0 heterocycles. The lowest BCUT2D eigenvalue weighted by atomic mass is 9.45. The van der Waals surface area contributed by atoms with Crippen molar-refractivity contribution >= 4 is 14.1 Å². The summed E-state index contributed by atoms with van der Waals surface area (Å²) in [7, 11) is -1.43. The van der Waals surface area contributed by atoms with E-state index in [4.69, 9.17) is 4.43 Å². The van der Waals surface area contributed by atoms with Crippen LogP contribution in [0.15, 0.2) is 0 Å². The second-order valence-corrected chi connectivity index (χ2v) is 15.7. The van der Waals surface area contributed by atoms with Gasteiger partial charge in [-0.15, -0.1) is 0 Å². The van der Waals surface area contributed by atoms with Gasteiger partial charge in [0.25, 0.3) is 0 Å². The fourth-order valence-corrected chi connectivity index (χ4v) is 8.81. The number of ketones is 1. The molecule has 0 aromatic rings. The molecule has 0 aromatic carbocycles. The van der Waals surface area contributed by atoms with Crippen LogP contribution in [0.4, 0.5) is 0 Å². The van der Waals surface area contributed by atoms with E-state index >= 15 is 0 Å². The van der Waals surface area contributed by atoms with Gasteiger partial charge in [0.1, 0.15) is 5.78 Å². The molecule has 25 heavy (non-hydrogen) atoms. The fraction of sp³-hybridized carbons (Fsp3) is 0.955. The number of hydrogen-bond donors (Lipinski definition) is 0. The first kappa shape index (κ1) is 18.2. The van der Waals surface area contributed by atoms with Crippen molar-refractivity contribution in [1.82, 2.24) is 0 Å². The summed E-state index contributed by atoms with van der Waals surface area (Å²) in [6.45, 7) is 11.9. The lowest BCUT2D eigenvalue weighted by Crippen LogP contribution is -2.54. The Bertz CT molecular complexity index is 553. The zero-order chi connectivity index (χ0) is 18.0. The molecule has 2 nitrogen and oxygen atoms in total. The van der Waals surface area contributed by atoms with E-state index in [1.165, 1.54) is 44.9 Å². The summed E-state index contributed by atoms with van der Waals surface area (Å²) in [6.07, 6.45) is 11.7. The standard InChI is InChI=1S/C22H38O2Si/c1-21-12-10-16(24-25(3,4)5)14-15(21)6-7-17-18-8-9-20(23)22(18,2)13-11-19(17)21/h15-19H,6-14H2,1-5H3/t15?,16?,17-,18-,19+,21-,22-/m0/s1. The molecular formula is C22H38O2Si. The summed E-state index contributed by atoms with van der Waals surface area (Å²) in [6, 6.07) is 0. The van der Waals surface area contributed by atoms with E-state index in [9.17, 15) is 4.79 Å². The van der Waals surface area contributed by atoms with Crippen LogP contribution in [0, 0.1) is 34.5 Å². The van der Waals surface area contributed by atoms with Gasteiger partial charge in [-0.1, -0.05) is 13.8 Å². The topological polar surface area (TPSA) is 26.3 Å². The highest BCUT2D eigenvalue weighted by Gasteiger charge is 2.60. The smallest absolute Gasteiger partial charge is 0.184 e. The highest BCUT2D eigenvalue weighted by molar-refractivity contribution is 6.69. The maximum Gasteiger partial charge on any atom is 0.184 e. The van der Waals surface area contributed by atoms with E-state index in [2.05, 4.69) is 33.5 Å². The molecule has 0 saturated heterocycles. The van der Waals surface area contributed by atoms with E-state index in [0.29, 0.717) is 23.2 Å². The van der Waals surface area contributed by atoms with Crippen molar-refractivity contribution in [3.63, 3.8) is 0 Å². The van der Waals surface area contributed by atoms with Gasteiger partial charge in [-0.2, -0.15) is 0 Å². The molecule has 0 aliphatic heterocycles. The first-order chi connectivity index (χ1) is 11.6. The van der Waals surface area contributed by atoms with Crippen LogP contribution < -0.4 is 0 Å². The third-order valence-corrected chi connectivity index (χ3v) is 9.89. The van der Waals surface area contributed by atoms with Crippen LogP contribution >= 0.6 is 0 Å². The second-order valence-electron chi connectivity index (χ2n) is 11.2. The summed E-state index contributed by atoms with van der Waals surface area (Å²) in [5.41, 5.74) is 0.539. The van der Waals surface area contributed by atoms with Gasteiger partial charge in [0.2, 0.25) is 0 Å². The minimum Gasteiger partial charge on any atom is -0.415 e. The van der Waals surface area contributed by atoms with Gasteiger partial charge in [-0.05, 0) is 100 Å². The lowest BCUT2D eigenvalue weighted by Gasteiger charge is -2.60. The van der Waals surface area contributed by atoms with Crippen molar-refractivity contribution in [2.45, 2.75) is 97.4 Å². The lowest BCUT2D eigenvalue weighted by molar-refractivity contribution is -0.141. The molecule has 2 unspecified atom stereocenters. The van der Waals surface area contributed by atoms with Gasteiger partial charge in [0, 0.05) is 17.9 Å². The second kappa shape index (κ2) is 5.92. The van der Waals surface area contributed by atoms with Crippen LogP contribution in [0.5, 0.6) is 0 Å². The number of carbonyl (C=O) groups is 1. The maximum absolute atomic E-state index is 12.5. The summed E-state index contributed by atoms with van der Waals surface area (Å²) < 4.78 is 6.50. The Kier molecular flexibility index (Phi) is 4.32. The van der Waals surface area contributed by atoms with Crippen LogP contribution in [0.2, 0.25) is 19.6 Å². The van der Waals surface area contributed by atoms with Crippen molar-refractivity contribution in [2.75, 3.05) is 0 Å². The van der Waals surface area contributed by atoms with Crippen LogP contribution in [0.1, 0.15) is 71.6 Å². The Morgan fingerprint density at radius 1 is 0.960 bits per heavy atom. The van der Waals surface area contributed by atoms with E-state index < -0.39 is 8.32 Å². The number of Topliss-reactive ketones (excluding diaryl/α,β-unsaturated/α-hetero) is 1. The van der Waals surface area contributed by atoms with Crippen molar-refractivity contribution < 1.29 is 9.22 Å². The molecule has 0 spiro atoms. The highest BCUT2D eigenvalue weighted by atomic mass is 28.4. The SMILES string of the molecule is C[C@]12CCC(O[Si](C)(C)C)CC1CC[C@@H]1[C@H]2CC[C@]2(C)C(=O)CC[C@@H]12. The van der Waals surface area contributed by atoms with Gasteiger partial charge in [0.15, 0.2) is 8.32 Å². The third-order valence-electron chi connectivity index (χ3n) is 8.85. The third kappa shape index (κ3) is 2.88. The first-order valence-corrected chi connectivity index (χ1v) is 14.3. The van der Waals surface area contributed by atoms with Crippen molar-refractivity contribution in [3.8, 4) is 0 Å². The van der Waals surface area contributed by atoms with Crippen LogP contribution in [-0.2, 0) is 9.22 Å². The van der Waals surface area contributed by atoms with Gasteiger partial charge >= 0.3 is 0 Å². The minimum absolute atomic E-state index is 0.0303. The molecule has 142 valence electrons. The summed E-state index contributed by atoms with van der Waals surface area (Å²) in [5.74, 6) is 3.80. The molecule has 4 rings (SSSR count). The molecule has 4 aliphatic rings. The average Bonchev–Trinajstić information content (AvgIpc) is 2.82. The number of rotatable bonds is 2. The van der Waals surface area contributed by atoms with Gasteiger partial charge < -0.3 is 4.43 Å². The van der Waals surface area contributed by atoms with Gasteiger partial charge in [0.05, 0.1) is 0 Å². The Morgan fingerprint density at radius 2 is 1.72 bits per heavy atom. The predicted molar refractivity (Wildman–Crippen MR) is 105 cm³/mol. The number of fused-ring (bicyclic) bond motifs is 5. The molecule has 3 heteroatoms. The van der Waals surface area contributed by atoms with E-state index in [-0.39, 0.29) is 5.41 Å². The molecule has 4 saturated carbocycles. The molecule has 0 radical (unpaired) electrons. The molecular weight excluding hydrogens is 324 g/mol. The summed E-state index contributed by atoms with van der Waals surface area (Å²) in [4.78, 5) is 12.5. The van der Waals surface area contributed by atoms with Crippen molar-refractivity contribution in [3.05, 3.63) is 0 Å². The fourth-order valence-electron chi connectivity index (χ4n) is 7.60. The molecule has 4 fully saturated rings. The Morgan fingerprint density at radius 3 is 2.44 bits per heavy atom. The van der Waals surface area contributed by atoms with E-state index in [1.54, 1.807) is 0 Å². The first-order valence-electron chi connectivity index (χ1n) is 10.8. The zero-order valence-electron chi connectivity index (χ0n) is 17.1. The Balaban J connectivity index is 1.52. The molecule has 0 N–H and O–H groups in total. The zero-order valence-corrected chi connectivity index (χ0v) is 18.1. The molecule has 0 bridgehead atoms. The monoisotopic (exact) mass is 362 g/mol. The Labute approximate surface area is 155 Å². The Hall–Kier alpha value is -0.153. The van der Waals surface area contributed by atoms with Gasteiger partial charge in [-0.25, -0.2) is 0 Å². The minimum atomic E-state index is -1.43.